The molecular formula is C19H16F4N2O2. The summed E-state index contributed by atoms with van der Waals surface area (Å²) in [6, 6.07) is 7.46. The molecule has 0 saturated carbocycles. The summed E-state index contributed by atoms with van der Waals surface area (Å²) in [5.41, 5.74) is 0.645. The van der Waals surface area contributed by atoms with Gasteiger partial charge in [-0.1, -0.05) is 0 Å². The van der Waals surface area contributed by atoms with Gasteiger partial charge in [0, 0.05) is 24.9 Å². The van der Waals surface area contributed by atoms with E-state index in [-0.39, 0.29) is 18.0 Å². The Morgan fingerprint density at radius 3 is 2.52 bits per heavy atom. The van der Waals surface area contributed by atoms with Crippen molar-refractivity contribution in [3.8, 4) is 5.75 Å². The van der Waals surface area contributed by atoms with Gasteiger partial charge in [-0.25, -0.2) is 4.39 Å². The van der Waals surface area contributed by atoms with E-state index < -0.39 is 17.6 Å². The van der Waals surface area contributed by atoms with Crippen LogP contribution in [0.3, 0.4) is 0 Å². The Bertz CT molecular complexity index is 962. The molecule has 0 bridgehead atoms. The summed E-state index contributed by atoms with van der Waals surface area (Å²) >= 11 is 0. The fraction of sp³-hybridized carbons (Fsp3) is 0.211. The molecule has 0 aliphatic carbocycles. The highest BCUT2D eigenvalue weighted by atomic mass is 19.4. The minimum absolute atomic E-state index is 0.163. The molecule has 3 rings (SSSR count). The molecule has 142 valence electrons. The molecule has 0 radical (unpaired) electrons. The van der Waals surface area contributed by atoms with Crippen molar-refractivity contribution < 1.29 is 27.1 Å². The number of aromatic amines is 1. The third kappa shape index (κ3) is 4.39. The molecule has 0 unspecified atom stereocenters. The van der Waals surface area contributed by atoms with E-state index >= 15 is 0 Å². The van der Waals surface area contributed by atoms with Gasteiger partial charge in [-0.2, -0.15) is 13.2 Å². The third-order valence-electron chi connectivity index (χ3n) is 3.95. The second-order valence-electron chi connectivity index (χ2n) is 6.00. The fourth-order valence-corrected chi connectivity index (χ4v) is 2.71. The van der Waals surface area contributed by atoms with Crippen molar-refractivity contribution in [2.24, 2.45) is 0 Å². The van der Waals surface area contributed by atoms with Gasteiger partial charge in [-0.05, 0) is 42.0 Å². The molecular weight excluding hydrogens is 364 g/mol. The third-order valence-corrected chi connectivity index (χ3v) is 3.95. The number of nitrogens with one attached hydrogen (secondary N) is 2. The first-order chi connectivity index (χ1) is 12.7. The number of anilines is 1. The molecule has 4 nitrogen and oxygen atoms in total. The summed E-state index contributed by atoms with van der Waals surface area (Å²) < 4.78 is 57.3. The van der Waals surface area contributed by atoms with Gasteiger partial charge in [-0.15, -0.1) is 0 Å². The van der Waals surface area contributed by atoms with Crippen molar-refractivity contribution >= 4 is 22.5 Å². The number of carbonyl (C=O) groups is 1. The van der Waals surface area contributed by atoms with Gasteiger partial charge in [0.25, 0.3) is 0 Å². The lowest BCUT2D eigenvalue weighted by atomic mass is 10.1. The molecule has 1 heterocycles. The lowest BCUT2D eigenvalue weighted by Gasteiger charge is -2.10. The van der Waals surface area contributed by atoms with E-state index in [1.807, 2.05) is 0 Å². The summed E-state index contributed by atoms with van der Waals surface area (Å²) in [7, 11) is 0. The van der Waals surface area contributed by atoms with Crippen molar-refractivity contribution in [3.63, 3.8) is 0 Å². The number of hydrogen-bond donors (Lipinski definition) is 2. The van der Waals surface area contributed by atoms with Crippen LogP contribution in [0, 0.1) is 5.82 Å². The molecule has 0 spiro atoms. The first kappa shape index (κ1) is 18.8. The molecule has 0 atom stereocenters. The Balaban J connectivity index is 1.69. The van der Waals surface area contributed by atoms with Crippen molar-refractivity contribution in [1.82, 2.24) is 4.98 Å². The number of benzene rings is 2. The van der Waals surface area contributed by atoms with Gasteiger partial charge < -0.3 is 15.0 Å². The average molecular weight is 380 g/mol. The maximum atomic E-state index is 14.2. The first-order valence-corrected chi connectivity index (χ1v) is 8.11. The Hall–Kier alpha value is -3.03. The molecule has 0 aliphatic rings. The topological polar surface area (TPSA) is 54.1 Å². The number of rotatable bonds is 5. The zero-order valence-electron chi connectivity index (χ0n) is 14.3. The van der Waals surface area contributed by atoms with Crippen molar-refractivity contribution in [2.75, 3.05) is 11.9 Å². The van der Waals surface area contributed by atoms with Crippen LogP contribution in [0.25, 0.3) is 10.9 Å². The quantitative estimate of drug-likeness (QED) is 0.618. The van der Waals surface area contributed by atoms with Crippen LogP contribution in [0.1, 0.15) is 18.1 Å². The number of carbonyl (C=O) groups excluding carboxylic acids is 1. The van der Waals surface area contributed by atoms with E-state index in [1.54, 1.807) is 6.07 Å². The largest absolute Gasteiger partial charge is 0.493 e. The van der Waals surface area contributed by atoms with Crippen LogP contribution >= 0.6 is 0 Å². The van der Waals surface area contributed by atoms with Gasteiger partial charge in [0.15, 0.2) is 0 Å². The second-order valence-corrected chi connectivity index (χ2v) is 6.00. The molecule has 1 amide bonds. The molecule has 2 aromatic carbocycles. The van der Waals surface area contributed by atoms with Crippen LogP contribution in [0.4, 0.5) is 23.2 Å². The van der Waals surface area contributed by atoms with E-state index in [9.17, 15) is 22.4 Å². The van der Waals surface area contributed by atoms with Crippen LogP contribution in [0.2, 0.25) is 0 Å². The molecule has 2 N–H and O–H groups in total. The zero-order valence-corrected chi connectivity index (χ0v) is 14.3. The Morgan fingerprint density at radius 2 is 1.89 bits per heavy atom. The van der Waals surface area contributed by atoms with Gasteiger partial charge in [0.2, 0.25) is 5.91 Å². The maximum absolute atomic E-state index is 14.2. The summed E-state index contributed by atoms with van der Waals surface area (Å²) in [5.74, 6) is -0.439. The van der Waals surface area contributed by atoms with E-state index in [1.165, 1.54) is 31.3 Å². The van der Waals surface area contributed by atoms with Crippen LogP contribution in [0.15, 0.2) is 42.6 Å². The lowest BCUT2D eigenvalue weighted by Crippen LogP contribution is -2.06. The van der Waals surface area contributed by atoms with E-state index in [2.05, 4.69) is 10.3 Å². The average Bonchev–Trinajstić information content (AvgIpc) is 2.97. The number of halogens is 4. The summed E-state index contributed by atoms with van der Waals surface area (Å²) in [6.45, 7) is 1.52. The summed E-state index contributed by atoms with van der Waals surface area (Å²) in [5, 5.41) is 3.16. The summed E-state index contributed by atoms with van der Waals surface area (Å²) in [6.07, 6.45) is -2.54. The number of fused-ring (bicyclic) bond motifs is 1. The zero-order chi connectivity index (χ0) is 19.6. The minimum atomic E-state index is -4.40. The number of ether oxygens (including phenoxy) is 1. The highest BCUT2D eigenvalue weighted by Gasteiger charge is 2.30. The normalized spacial score (nSPS) is 11.6. The first-order valence-electron chi connectivity index (χ1n) is 8.11. The van der Waals surface area contributed by atoms with Crippen molar-refractivity contribution in [2.45, 2.75) is 19.5 Å². The Labute approximate surface area is 152 Å². The standard InChI is InChI=1S/C19H16F4N2O2/c1-11(26)25-17-10-24-18-15(17)8-12(9-16(18)20)6-7-27-14-4-2-13(3-5-14)19(21,22)23/h2-5,8-10,24H,6-7H2,1H3,(H,25,26). The van der Waals surface area contributed by atoms with E-state index in [4.69, 9.17) is 4.74 Å². The monoisotopic (exact) mass is 380 g/mol. The van der Waals surface area contributed by atoms with Gasteiger partial charge in [0.1, 0.15) is 11.6 Å². The molecule has 0 aliphatic heterocycles. The van der Waals surface area contributed by atoms with Crippen molar-refractivity contribution in [1.29, 1.82) is 0 Å². The lowest BCUT2D eigenvalue weighted by molar-refractivity contribution is -0.137. The molecule has 0 saturated heterocycles. The molecule has 3 aromatic rings. The number of amides is 1. The number of hydrogen-bond acceptors (Lipinski definition) is 2. The molecule has 1 aromatic heterocycles. The van der Waals surface area contributed by atoms with Gasteiger partial charge in [0.05, 0.1) is 23.4 Å². The van der Waals surface area contributed by atoms with E-state index in [0.717, 1.165) is 12.1 Å². The maximum Gasteiger partial charge on any atom is 0.416 e. The van der Waals surface area contributed by atoms with Crippen LogP contribution in [-0.4, -0.2) is 17.5 Å². The number of alkyl halides is 3. The smallest absolute Gasteiger partial charge is 0.416 e. The summed E-state index contributed by atoms with van der Waals surface area (Å²) in [4.78, 5) is 14.0. The van der Waals surface area contributed by atoms with Crippen LogP contribution < -0.4 is 10.1 Å². The fourth-order valence-electron chi connectivity index (χ4n) is 2.71. The molecule has 27 heavy (non-hydrogen) atoms. The second kappa shape index (κ2) is 7.30. The Morgan fingerprint density at radius 1 is 1.19 bits per heavy atom. The minimum Gasteiger partial charge on any atom is -0.493 e. The number of aromatic nitrogens is 1. The molecule has 0 fully saturated rings. The Kier molecular flexibility index (Phi) is 5.07. The molecule has 8 heteroatoms. The van der Waals surface area contributed by atoms with E-state index in [0.29, 0.717) is 28.8 Å². The van der Waals surface area contributed by atoms with Gasteiger partial charge >= 0.3 is 6.18 Å². The SMILES string of the molecule is CC(=O)Nc1c[nH]c2c(F)cc(CCOc3ccc(C(F)(F)F)cc3)cc12. The van der Waals surface area contributed by atoms with Crippen LogP contribution in [-0.2, 0) is 17.4 Å². The van der Waals surface area contributed by atoms with Crippen LogP contribution in [0.5, 0.6) is 5.75 Å². The highest BCUT2D eigenvalue weighted by Crippen LogP contribution is 2.30. The predicted molar refractivity (Wildman–Crippen MR) is 93.2 cm³/mol. The van der Waals surface area contributed by atoms with Gasteiger partial charge in [-0.3, -0.25) is 4.79 Å². The highest BCUT2D eigenvalue weighted by molar-refractivity contribution is 6.01. The number of H-pyrrole nitrogens is 1. The van der Waals surface area contributed by atoms with Crippen molar-refractivity contribution in [3.05, 3.63) is 59.5 Å². The predicted octanol–water partition coefficient (Wildman–Crippen LogP) is 4.91.